The molecule has 1 unspecified atom stereocenters. The molecule has 0 amide bonds. The minimum Gasteiger partial charge on any atom is -0.495 e. The quantitative estimate of drug-likeness (QED) is 0.552. The molecule has 1 aliphatic rings. The standard InChI is InChI=1S/C24H29ClN4O2/c1-16(15-30)18-9-11-29(12-10-18)24-20-6-4-3-5-19(20)23(27-28-24)26-14-17-7-8-22(31-2)21(25)13-17/h3-8,13,16,18,30H,9-12,14-15H2,1-2H3,(H,26,27). The van der Waals surface area contributed by atoms with Crippen LogP contribution in [-0.4, -0.2) is 42.1 Å². The number of piperidine rings is 1. The van der Waals surface area contributed by atoms with Gasteiger partial charge in [-0.05, 0) is 42.4 Å². The first kappa shape index (κ1) is 21.7. The van der Waals surface area contributed by atoms with E-state index in [0.29, 0.717) is 29.2 Å². The summed E-state index contributed by atoms with van der Waals surface area (Å²) in [6.45, 7) is 4.85. The van der Waals surface area contributed by atoms with E-state index in [9.17, 15) is 5.11 Å². The molecule has 0 spiro atoms. The highest BCUT2D eigenvalue weighted by atomic mass is 35.5. The van der Waals surface area contributed by atoms with Crippen LogP contribution in [0.25, 0.3) is 10.8 Å². The average molecular weight is 441 g/mol. The van der Waals surface area contributed by atoms with Crippen molar-refractivity contribution in [3.8, 4) is 5.75 Å². The lowest BCUT2D eigenvalue weighted by Gasteiger charge is -2.35. The molecule has 1 saturated heterocycles. The fourth-order valence-corrected chi connectivity index (χ4v) is 4.57. The Balaban J connectivity index is 1.53. The molecule has 0 aliphatic carbocycles. The Hall–Kier alpha value is -2.57. The van der Waals surface area contributed by atoms with E-state index < -0.39 is 0 Å². The van der Waals surface area contributed by atoms with Gasteiger partial charge in [-0.15, -0.1) is 10.2 Å². The van der Waals surface area contributed by atoms with Crippen LogP contribution in [0.1, 0.15) is 25.3 Å². The second kappa shape index (κ2) is 9.71. The Bertz CT molecular complexity index is 1040. The summed E-state index contributed by atoms with van der Waals surface area (Å²) in [7, 11) is 1.61. The number of anilines is 2. The highest BCUT2D eigenvalue weighted by Crippen LogP contribution is 2.33. The number of benzene rings is 2. The molecule has 164 valence electrons. The highest BCUT2D eigenvalue weighted by Gasteiger charge is 2.25. The first-order valence-electron chi connectivity index (χ1n) is 10.8. The van der Waals surface area contributed by atoms with Crippen molar-refractivity contribution >= 4 is 34.0 Å². The van der Waals surface area contributed by atoms with Crippen LogP contribution in [0.3, 0.4) is 0 Å². The van der Waals surface area contributed by atoms with E-state index in [-0.39, 0.29) is 6.61 Å². The summed E-state index contributed by atoms with van der Waals surface area (Å²) in [6, 6.07) is 14.0. The number of fused-ring (bicyclic) bond motifs is 1. The third-order valence-electron chi connectivity index (χ3n) is 6.28. The number of hydrogen-bond donors (Lipinski definition) is 2. The maximum Gasteiger partial charge on any atom is 0.159 e. The number of hydrogen-bond acceptors (Lipinski definition) is 6. The molecule has 31 heavy (non-hydrogen) atoms. The van der Waals surface area contributed by atoms with Gasteiger partial charge in [0, 0.05) is 37.0 Å². The number of aromatic nitrogens is 2. The minimum atomic E-state index is 0.257. The van der Waals surface area contributed by atoms with Gasteiger partial charge in [-0.25, -0.2) is 0 Å². The molecule has 2 N–H and O–H groups in total. The van der Waals surface area contributed by atoms with Gasteiger partial charge in [0.2, 0.25) is 0 Å². The summed E-state index contributed by atoms with van der Waals surface area (Å²) in [6.07, 6.45) is 2.13. The molecule has 0 bridgehead atoms. The first-order chi connectivity index (χ1) is 15.1. The van der Waals surface area contributed by atoms with Gasteiger partial charge in [-0.3, -0.25) is 0 Å². The van der Waals surface area contributed by atoms with Crippen molar-refractivity contribution in [1.82, 2.24) is 10.2 Å². The minimum absolute atomic E-state index is 0.257. The molecule has 1 aromatic heterocycles. The number of methoxy groups -OCH3 is 1. The summed E-state index contributed by atoms with van der Waals surface area (Å²) in [5.74, 6) is 3.27. The zero-order valence-corrected chi connectivity index (χ0v) is 18.8. The normalized spacial score (nSPS) is 15.8. The molecule has 1 fully saturated rings. The summed E-state index contributed by atoms with van der Waals surface area (Å²) < 4.78 is 5.23. The Morgan fingerprint density at radius 2 is 1.90 bits per heavy atom. The van der Waals surface area contributed by atoms with E-state index in [1.807, 2.05) is 30.3 Å². The zero-order chi connectivity index (χ0) is 21.8. The van der Waals surface area contributed by atoms with Gasteiger partial charge in [0.15, 0.2) is 11.6 Å². The van der Waals surface area contributed by atoms with Crippen LogP contribution in [0.5, 0.6) is 5.75 Å². The van der Waals surface area contributed by atoms with E-state index >= 15 is 0 Å². The third kappa shape index (κ3) is 4.70. The van der Waals surface area contributed by atoms with Gasteiger partial charge in [-0.1, -0.05) is 48.9 Å². The van der Waals surface area contributed by atoms with Crippen molar-refractivity contribution in [3.05, 3.63) is 53.1 Å². The number of halogens is 1. The lowest BCUT2D eigenvalue weighted by molar-refractivity contribution is 0.170. The van der Waals surface area contributed by atoms with E-state index in [1.165, 1.54) is 0 Å². The van der Waals surface area contributed by atoms with Crippen LogP contribution in [0, 0.1) is 11.8 Å². The molecular weight excluding hydrogens is 412 g/mol. The molecule has 0 saturated carbocycles. The fourth-order valence-electron chi connectivity index (χ4n) is 4.29. The highest BCUT2D eigenvalue weighted by molar-refractivity contribution is 6.32. The molecule has 2 aromatic carbocycles. The van der Waals surface area contributed by atoms with Crippen LogP contribution in [0.15, 0.2) is 42.5 Å². The van der Waals surface area contributed by atoms with Gasteiger partial charge in [0.25, 0.3) is 0 Å². The topological polar surface area (TPSA) is 70.5 Å². The Labute approximate surface area is 188 Å². The molecule has 6 nitrogen and oxygen atoms in total. The molecule has 1 aliphatic heterocycles. The van der Waals surface area contributed by atoms with E-state index in [1.54, 1.807) is 7.11 Å². The summed E-state index contributed by atoms with van der Waals surface area (Å²) in [4.78, 5) is 2.32. The van der Waals surface area contributed by atoms with Gasteiger partial charge in [-0.2, -0.15) is 0 Å². The monoisotopic (exact) mass is 440 g/mol. The second-order valence-electron chi connectivity index (χ2n) is 8.22. The fraction of sp³-hybridized carbons (Fsp3) is 0.417. The number of ether oxygens (including phenoxy) is 1. The lowest BCUT2D eigenvalue weighted by Crippen LogP contribution is -2.37. The van der Waals surface area contributed by atoms with E-state index in [0.717, 1.165) is 53.9 Å². The van der Waals surface area contributed by atoms with Crippen LogP contribution >= 0.6 is 11.6 Å². The SMILES string of the molecule is COc1ccc(CNc2nnc(N3CCC(C(C)CO)CC3)c3ccccc23)cc1Cl. The average Bonchev–Trinajstić information content (AvgIpc) is 2.82. The van der Waals surface area contributed by atoms with Gasteiger partial charge < -0.3 is 20.1 Å². The summed E-state index contributed by atoms with van der Waals surface area (Å²) in [5.41, 5.74) is 1.04. The number of aliphatic hydroxyl groups excluding tert-OH is 1. The number of nitrogens with zero attached hydrogens (tertiary/aromatic N) is 3. The van der Waals surface area contributed by atoms with Crippen molar-refractivity contribution in [2.45, 2.75) is 26.3 Å². The number of aliphatic hydroxyl groups is 1. The van der Waals surface area contributed by atoms with Crippen LogP contribution in [0.4, 0.5) is 11.6 Å². The predicted octanol–water partition coefficient (Wildman–Crippen LogP) is 4.75. The molecule has 1 atom stereocenters. The summed E-state index contributed by atoms with van der Waals surface area (Å²) in [5, 5.41) is 24.7. The van der Waals surface area contributed by atoms with Crippen molar-refractivity contribution in [2.75, 3.05) is 37.0 Å². The maximum atomic E-state index is 9.46. The predicted molar refractivity (Wildman–Crippen MR) is 126 cm³/mol. The van der Waals surface area contributed by atoms with Crippen molar-refractivity contribution < 1.29 is 9.84 Å². The van der Waals surface area contributed by atoms with Crippen LogP contribution in [-0.2, 0) is 6.54 Å². The molecule has 4 rings (SSSR count). The van der Waals surface area contributed by atoms with Gasteiger partial charge in [0.05, 0.1) is 12.1 Å². The maximum absolute atomic E-state index is 9.46. The first-order valence-corrected chi connectivity index (χ1v) is 11.2. The lowest BCUT2D eigenvalue weighted by atomic mass is 9.86. The Kier molecular flexibility index (Phi) is 6.78. The molecule has 0 radical (unpaired) electrons. The largest absolute Gasteiger partial charge is 0.495 e. The molecular formula is C24H29ClN4O2. The molecule has 2 heterocycles. The Morgan fingerprint density at radius 3 is 2.58 bits per heavy atom. The Morgan fingerprint density at radius 1 is 1.16 bits per heavy atom. The number of rotatable bonds is 7. The van der Waals surface area contributed by atoms with E-state index in [4.69, 9.17) is 16.3 Å². The van der Waals surface area contributed by atoms with Crippen LogP contribution < -0.4 is 15.0 Å². The van der Waals surface area contributed by atoms with Gasteiger partial charge >= 0.3 is 0 Å². The van der Waals surface area contributed by atoms with E-state index in [2.05, 4.69) is 39.5 Å². The summed E-state index contributed by atoms with van der Waals surface area (Å²) >= 11 is 6.25. The zero-order valence-electron chi connectivity index (χ0n) is 18.0. The number of nitrogens with one attached hydrogen (secondary N) is 1. The van der Waals surface area contributed by atoms with Crippen LogP contribution in [0.2, 0.25) is 5.02 Å². The van der Waals surface area contributed by atoms with Crippen molar-refractivity contribution in [1.29, 1.82) is 0 Å². The smallest absolute Gasteiger partial charge is 0.159 e. The van der Waals surface area contributed by atoms with Crippen molar-refractivity contribution in [2.24, 2.45) is 11.8 Å². The third-order valence-corrected chi connectivity index (χ3v) is 6.57. The molecule has 7 heteroatoms. The van der Waals surface area contributed by atoms with Crippen molar-refractivity contribution in [3.63, 3.8) is 0 Å². The van der Waals surface area contributed by atoms with Gasteiger partial charge in [0.1, 0.15) is 5.75 Å². The molecule has 3 aromatic rings. The second-order valence-corrected chi connectivity index (χ2v) is 8.63.